The van der Waals surface area contributed by atoms with E-state index in [1.54, 1.807) is 6.33 Å². The summed E-state index contributed by atoms with van der Waals surface area (Å²) < 4.78 is 0. The third-order valence-corrected chi connectivity index (χ3v) is 7.07. The van der Waals surface area contributed by atoms with Crippen molar-refractivity contribution in [2.45, 2.75) is 37.1 Å². The van der Waals surface area contributed by atoms with Crippen LogP contribution in [-0.2, 0) is 11.3 Å². The van der Waals surface area contributed by atoms with E-state index in [1.165, 1.54) is 0 Å². The lowest BCUT2D eigenvalue weighted by Gasteiger charge is -2.34. The summed E-state index contributed by atoms with van der Waals surface area (Å²) in [5.74, 6) is 3.48. The van der Waals surface area contributed by atoms with Crippen LogP contribution in [0.25, 0.3) is 0 Å². The Balaban J connectivity index is 1.75. The van der Waals surface area contributed by atoms with Crippen molar-refractivity contribution in [3.63, 3.8) is 0 Å². The van der Waals surface area contributed by atoms with Crippen molar-refractivity contribution < 1.29 is 4.79 Å². The SMILES string of the molecule is O=C(C1CSCCS1)N(Cc1cncnc1)C1CCCNCC1. The Morgan fingerprint density at radius 2 is 2.13 bits per heavy atom. The molecule has 1 amide bonds. The van der Waals surface area contributed by atoms with Gasteiger partial charge in [-0.05, 0) is 32.4 Å². The Morgan fingerprint density at radius 3 is 2.91 bits per heavy atom. The van der Waals surface area contributed by atoms with E-state index in [1.807, 2.05) is 35.9 Å². The van der Waals surface area contributed by atoms with E-state index in [0.717, 1.165) is 55.2 Å². The van der Waals surface area contributed by atoms with Gasteiger partial charge in [0.2, 0.25) is 5.91 Å². The van der Waals surface area contributed by atoms with Gasteiger partial charge in [0.1, 0.15) is 6.33 Å². The molecule has 0 aromatic carbocycles. The number of carbonyl (C=O) groups is 1. The van der Waals surface area contributed by atoms with Gasteiger partial charge in [-0.25, -0.2) is 9.97 Å². The second-order valence-electron chi connectivity index (χ2n) is 5.98. The van der Waals surface area contributed by atoms with Crippen molar-refractivity contribution >= 4 is 29.4 Å². The predicted molar refractivity (Wildman–Crippen MR) is 96.7 cm³/mol. The van der Waals surface area contributed by atoms with Gasteiger partial charge in [-0.1, -0.05) is 0 Å². The maximum atomic E-state index is 13.1. The first-order valence-electron chi connectivity index (χ1n) is 8.29. The number of rotatable bonds is 4. The number of nitrogens with one attached hydrogen (secondary N) is 1. The molecule has 1 aromatic heterocycles. The molecule has 0 bridgehead atoms. The standard InChI is InChI=1S/C16H24N4OS2/c21-16(15-11-22-6-7-23-15)20(10-13-8-18-12-19-9-13)14-2-1-4-17-5-3-14/h8-9,12,14-15,17H,1-7,10-11H2. The molecule has 7 heteroatoms. The molecule has 1 N–H and O–H groups in total. The molecular weight excluding hydrogens is 328 g/mol. The average Bonchev–Trinajstić information content (AvgIpc) is 2.90. The molecule has 2 atom stereocenters. The summed E-state index contributed by atoms with van der Waals surface area (Å²) in [5.41, 5.74) is 1.02. The number of carbonyl (C=O) groups excluding carboxylic acids is 1. The summed E-state index contributed by atoms with van der Waals surface area (Å²) in [7, 11) is 0. The minimum Gasteiger partial charge on any atom is -0.334 e. The third kappa shape index (κ3) is 4.84. The molecule has 0 spiro atoms. The lowest BCUT2D eigenvalue weighted by molar-refractivity contribution is -0.133. The molecule has 23 heavy (non-hydrogen) atoms. The maximum absolute atomic E-state index is 13.1. The highest BCUT2D eigenvalue weighted by atomic mass is 32.2. The normalized spacial score (nSPS) is 25.6. The van der Waals surface area contributed by atoms with E-state index in [9.17, 15) is 4.79 Å². The molecule has 0 saturated carbocycles. The number of hydrogen-bond donors (Lipinski definition) is 1. The molecule has 5 nitrogen and oxygen atoms in total. The highest BCUT2D eigenvalue weighted by Crippen LogP contribution is 2.28. The summed E-state index contributed by atoms with van der Waals surface area (Å²) in [4.78, 5) is 23.5. The number of nitrogens with zero attached hydrogens (tertiary/aromatic N) is 3. The van der Waals surface area contributed by atoms with Gasteiger partial charge in [0.05, 0.1) is 5.25 Å². The summed E-state index contributed by atoms with van der Waals surface area (Å²) in [6.45, 7) is 2.68. The van der Waals surface area contributed by atoms with Crippen LogP contribution in [0.15, 0.2) is 18.7 Å². The number of amides is 1. The minimum absolute atomic E-state index is 0.106. The van der Waals surface area contributed by atoms with E-state index < -0.39 is 0 Å². The van der Waals surface area contributed by atoms with Gasteiger partial charge < -0.3 is 10.2 Å². The average molecular weight is 353 g/mol. The second kappa shape index (κ2) is 8.89. The molecule has 2 unspecified atom stereocenters. The van der Waals surface area contributed by atoms with Gasteiger partial charge >= 0.3 is 0 Å². The summed E-state index contributed by atoms with van der Waals surface area (Å²) in [6, 6.07) is 0.324. The first kappa shape index (κ1) is 17.0. The zero-order chi connectivity index (χ0) is 15.9. The highest BCUT2D eigenvalue weighted by molar-refractivity contribution is 8.07. The Kier molecular flexibility index (Phi) is 6.59. The topological polar surface area (TPSA) is 58.1 Å². The molecule has 0 radical (unpaired) electrons. The van der Waals surface area contributed by atoms with Crippen LogP contribution in [0.5, 0.6) is 0 Å². The first-order chi connectivity index (χ1) is 11.3. The van der Waals surface area contributed by atoms with Gasteiger partial charge in [0, 0.05) is 47.8 Å². The lowest BCUT2D eigenvalue weighted by Crippen LogP contribution is -2.46. The van der Waals surface area contributed by atoms with Gasteiger partial charge in [0.15, 0.2) is 0 Å². The summed E-state index contributed by atoms with van der Waals surface area (Å²) in [5, 5.41) is 3.55. The Bertz CT molecular complexity index is 488. The van der Waals surface area contributed by atoms with Crippen molar-refractivity contribution in [2.24, 2.45) is 0 Å². The van der Waals surface area contributed by atoms with Crippen LogP contribution >= 0.6 is 23.5 Å². The molecule has 1 aromatic rings. The molecule has 2 saturated heterocycles. The monoisotopic (exact) mass is 352 g/mol. The number of hydrogen-bond acceptors (Lipinski definition) is 6. The maximum Gasteiger partial charge on any atom is 0.237 e. The van der Waals surface area contributed by atoms with Crippen LogP contribution in [-0.4, -0.2) is 62.4 Å². The third-order valence-electron chi connectivity index (χ3n) is 4.33. The zero-order valence-electron chi connectivity index (χ0n) is 13.3. The van der Waals surface area contributed by atoms with Crippen molar-refractivity contribution in [3.05, 3.63) is 24.3 Å². The van der Waals surface area contributed by atoms with Gasteiger partial charge in [-0.3, -0.25) is 4.79 Å². The van der Waals surface area contributed by atoms with E-state index in [4.69, 9.17) is 0 Å². The zero-order valence-corrected chi connectivity index (χ0v) is 15.0. The molecule has 3 heterocycles. The van der Waals surface area contributed by atoms with Crippen molar-refractivity contribution in [2.75, 3.05) is 30.3 Å². The van der Waals surface area contributed by atoms with Crippen LogP contribution in [0.2, 0.25) is 0 Å². The fraction of sp³-hybridized carbons (Fsp3) is 0.688. The van der Waals surface area contributed by atoms with Gasteiger partial charge in [-0.15, -0.1) is 11.8 Å². The predicted octanol–water partition coefficient (Wildman–Crippen LogP) is 1.80. The smallest absolute Gasteiger partial charge is 0.237 e. The fourth-order valence-corrected chi connectivity index (χ4v) is 5.74. The fourth-order valence-electron chi connectivity index (χ4n) is 3.12. The van der Waals surface area contributed by atoms with Crippen LogP contribution < -0.4 is 5.32 Å². The summed E-state index contributed by atoms with van der Waals surface area (Å²) >= 11 is 3.72. The Labute approximate surface area is 146 Å². The molecular formula is C16H24N4OS2. The van der Waals surface area contributed by atoms with Gasteiger partial charge in [0.25, 0.3) is 0 Å². The molecule has 2 aliphatic rings. The largest absolute Gasteiger partial charge is 0.334 e. The minimum atomic E-state index is 0.106. The first-order valence-corrected chi connectivity index (χ1v) is 10.5. The quantitative estimate of drug-likeness (QED) is 0.892. The van der Waals surface area contributed by atoms with Crippen LogP contribution in [0.3, 0.4) is 0 Å². The van der Waals surface area contributed by atoms with Crippen LogP contribution in [0.1, 0.15) is 24.8 Å². The molecule has 126 valence electrons. The van der Waals surface area contributed by atoms with E-state index in [0.29, 0.717) is 18.5 Å². The summed E-state index contributed by atoms with van der Waals surface area (Å²) in [6.07, 6.45) is 8.43. The molecule has 0 aliphatic carbocycles. The lowest BCUT2D eigenvalue weighted by atomic mass is 10.1. The second-order valence-corrected chi connectivity index (χ2v) is 8.44. The van der Waals surface area contributed by atoms with E-state index in [2.05, 4.69) is 20.2 Å². The Hall–Kier alpha value is -0.790. The van der Waals surface area contributed by atoms with Crippen LogP contribution in [0, 0.1) is 0 Å². The van der Waals surface area contributed by atoms with E-state index in [-0.39, 0.29) is 5.25 Å². The Morgan fingerprint density at radius 1 is 1.26 bits per heavy atom. The van der Waals surface area contributed by atoms with Gasteiger partial charge in [-0.2, -0.15) is 11.8 Å². The number of thioether (sulfide) groups is 2. The number of aromatic nitrogens is 2. The molecule has 2 fully saturated rings. The molecule has 2 aliphatic heterocycles. The molecule has 3 rings (SSSR count). The van der Waals surface area contributed by atoms with Crippen molar-refractivity contribution in [3.8, 4) is 0 Å². The van der Waals surface area contributed by atoms with Crippen LogP contribution in [0.4, 0.5) is 0 Å². The highest BCUT2D eigenvalue weighted by Gasteiger charge is 2.31. The van der Waals surface area contributed by atoms with Crippen molar-refractivity contribution in [1.29, 1.82) is 0 Å². The van der Waals surface area contributed by atoms with Crippen molar-refractivity contribution in [1.82, 2.24) is 20.2 Å². The van der Waals surface area contributed by atoms with E-state index >= 15 is 0 Å².